The van der Waals surface area contributed by atoms with Gasteiger partial charge in [0.25, 0.3) is 0 Å². The molecule has 116 valence electrons. The molecule has 1 aromatic rings. The van der Waals surface area contributed by atoms with Gasteiger partial charge in [0.2, 0.25) is 0 Å². The molecule has 7 atom stereocenters. The van der Waals surface area contributed by atoms with Crippen LogP contribution in [0.3, 0.4) is 0 Å². The molecule has 21 heavy (non-hydrogen) atoms. The Morgan fingerprint density at radius 3 is 1.76 bits per heavy atom. The second-order valence-corrected chi connectivity index (χ2v) is 13.4. The maximum Gasteiger partial charge on any atom is -0.0158 e. The van der Waals surface area contributed by atoms with Crippen LogP contribution in [-0.2, 0) is 0 Å². The highest BCUT2D eigenvalue weighted by atomic mass is 31.1. The van der Waals surface area contributed by atoms with E-state index in [1.807, 2.05) is 0 Å². The Balaban J connectivity index is 2.00. The molecule has 0 aliphatic carbocycles. The van der Waals surface area contributed by atoms with Crippen LogP contribution in [0.4, 0.5) is 0 Å². The maximum absolute atomic E-state index is 2.52. The maximum atomic E-state index is 2.52. The van der Waals surface area contributed by atoms with Crippen molar-refractivity contribution in [2.45, 2.75) is 76.5 Å². The molecule has 0 nitrogen and oxygen atoms in total. The molecule has 0 amide bonds. The van der Waals surface area contributed by atoms with Gasteiger partial charge in [0, 0.05) is 0 Å². The van der Waals surface area contributed by atoms with E-state index in [-0.39, 0.29) is 15.8 Å². The molecule has 2 fully saturated rings. The molecule has 2 aliphatic heterocycles. The van der Waals surface area contributed by atoms with Crippen molar-refractivity contribution in [3.8, 4) is 0 Å². The van der Waals surface area contributed by atoms with Crippen molar-refractivity contribution in [3.63, 3.8) is 0 Å². The van der Waals surface area contributed by atoms with Crippen LogP contribution in [0.5, 0.6) is 0 Å². The predicted molar refractivity (Wildman–Crippen MR) is 100 cm³/mol. The second kappa shape index (κ2) is 6.29. The van der Waals surface area contributed by atoms with Crippen molar-refractivity contribution in [2.24, 2.45) is 5.92 Å². The standard InChI is InChI=1S/C19H30P2/c1-13-12-16(4)21(17(13)5)19-9-7-6-8-18(19)20-14(2)10-11-15(20)3/h6-9,13-17H,10-12H2,1-5H3/t13?,14-,15?,16-,17?,20?,21?/m0/s1. The fourth-order valence-corrected chi connectivity index (χ4v) is 12.1. The van der Waals surface area contributed by atoms with Gasteiger partial charge in [-0.25, -0.2) is 0 Å². The fraction of sp³-hybridized carbons (Fsp3) is 0.684. The van der Waals surface area contributed by atoms with Gasteiger partial charge < -0.3 is 0 Å². The van der Waals surface area contributed by atoms with Crippen molar-refractivity contribution in [1.82, 2.24) is 0 Å². The number of hydrogen-bond acceptors (Lipinski definition) is 0. The van der Waals surface area contributed by atoms with Gasteiger partial charge in [0.1, 0.15) is 0 Å². The van der Waals surface area contributed by atoms with Gasteiger partial charge in [-0.15, -0.1) is 0 Å². The first kappa shape index (κ1) is 16.0. The van der Waals surface area contributed by atoms with Crippen molar-refractivity contribution in [2.75, 3.05) is 0 Å². The van der Waals surface area contributed by atoms with Crippen LogP contribution in [0.2, 0.25) is 0 Å². The first-order chi connectivity index (χ1) is 10.0. The molecule has 2 heterocycles. The minimum Gasteiger partial charge on any atom is -0.0688 e. The average molecular weight is 320 g/mol. The molecule has 5 unspecified atom stereocenters. The Labute approximate surface area is 133 Å². The summed E-state index contributed by atoms with van der Waals surface area (Å²) in [7, 11) is 0.103. The lowest BCUT2D eigenvalue weighted by Crippen LogP contribution is -2.28. The van der Waals surface area contributed by atoms with Crippen LogP contribution in [0.25, 0.3) is 0 Å². The SMILES string of the molecule is CC1C[C@H](C)P(c2ccccc2P2C(C)CC[C@@H]2C)C1C. The Bertz CT molecular complexity index is 488. The van der Waals surface area contributed by atoms with Crippen LogP contribution in [0.15, 0.2) is 24.3 Å². The third-order valence-electron chi connectivity index (χ3n) is 5.84. The monoisotopic (exact) mass is 320 g/mol. The van der Waals surface area contributed by atoms with E-state index in [4.69, 9.17) is 0 Å². The van der Waals surface area contributed by atoms with E-state index in [2.05, 4.69) is 58.9 Å². The molecule has 3 rings (SSSR count). The van der Waals surface area contributed by atoms with Gasteiger partial charge in [-0.1, -0.05) is 74.7 Å². The first-order valence-electron chi connectivity index (χ1n) is 8.66. The Hall–Kier alpha value is 0.0800. The lowest BCUT2D eigenvalue weighted by molar-refractivity contribution is 0.562. The van der Waals surface area contributed by atoms with Gasteiger partial charge in [-0.3, -0.25) is 0 Å². The lowest BCUT2D eigenvalue weighted by Gasteiger charge is -2.30. The van der Waals surface area contributed by atoms with Gasteiger partial charge in [-0.05, 0) is 58.4 Å². The molecular formula is C19H30P2. The molecule has 2 saturated heterocycles. The molecule has 1 aromatic carbocycles. The summed E-state index contributed by atoms with van der Waals surface area (Å²) in [4.78, 5) is 0. The van der Waals surface area contributed by atoms with Crippen LogP contribution >= 0.6 is 15.8 Å². The van der Waals surface area contributed by atoms with Crippen LogP contribution in [0, 0.1) is 5.92 Å². The topological polar surface area (TPSA) is 0 Å². The van der Waals surface area contributed by atoms with Crippen molar-refractivity contribution >= 4 is 26.5 Å². The quantitative estimate of drug-likeness (QED) is 0.650. The number of rotatable bonds is 2. The van der Waals surface area contributed by atoms with Crippen molar-refractivity contribution in [3.05, 3.63) is 24.3 Å². The van der Waals surface area contributed by atoms with Crippen LogP contribution in [0.1, 0.15) is 53.9 Å². The summed E-state index contributed by atoms with van der Waals surface area (Å²) >= 11 is 0. The van der Waals surface area contributed by atoms with Gasteiger partial charge in [-0.2, -0.15) is 0 Å². The normalized spacial score (nSPS) is 43.4. The van der Waals surface area contributed by atoms with Gasteiger partial charge >= 0.3 is 0 Å². The Morgan fingerprint density at radius 2 is 1.29 bits per heavy atom. The van der Waals surface area contributed by atoms with E-state index in [1.54, 1.807) is 10.6 Å². The third kappa shape index (κ3) is 2.84. The summed E-state index contributed by atoms with van der Waals surface area (Å²) in [6.45, 7) is 12.5. The van der Waals surface area contributed by atoms with Crippen LogP contribution in [-0.4, -0.2) is 22.6 Å². The predicted octanol–water partition coefficient (Wildman–Crippen LogP) is 5.29. The van der Waals surface area contributed by atoms with Gasteiger partial charge in [0.05, 0.1) is 0 Å². The van der Waals surface area contributed by atoms with Gasteiger partial charge in [0.15, 0.2) is 0 Å². The number of benzene rings is 1. The van der Waals surface area contributed by atoms with Crippen molar-refractivity contribution < 1.29 is 0 Å². The van der Waals surface area contributed by atoms with E-state index in [9.17, 15) is 0 Å². The number of hydrogen-bond donors (Lipinski definition) is 0. The van der Waals surface area contributed by atoms with E-state index in [0.29, 0.717) is 0 Å². The summed E-state index contributed by atoms with van der Waals surface area (Å²) in [5.74, 6) is 0.908. The zero-order chi connectivity index (χ0) is 15.1. The highest BCUT2D eigenvalue weighted by Crippen LogP contribution is 2.60. The summed E-state index contributed by atoms with van der Waals surface area (Å²) in [5, 5.41) is 3.56. The zero-order valence-corrected chi connectivity index (χ0v) is 16.0. The largest absolute Gasteiger partial charge is 0.0688 e. The third-order valence-corrected chi connectivity index (χ3v) is 12.9. The molecule has 0 saturated carbocycles. The molecule has 0 spiro atoms. The molecule has 0 N–H and O–H groups in total. The molecule has 0 radical (unpaired) electrons. The average Bonchev–Trinajstić information content (AvgIpc) is 2.90. The van der Waals surface area contributed by atoms with E-state index in [1.165, 1.54) is 19.3 Å². The summed E-state index contributed by atoms with van der Waals surface area (Å²) in [6.07, 6.45) is 4.32. The molecule has 2 heteroatoms. The summed E-state index contributed by atoms with van der Waals surface area (Å²) in [6, 6.07) is 9.57. The van der Waals surface area contributed by atoms with E-state index >= 15 is 0 Å². The summed E-state index contributed by atoms with van der Waals surface area (Å²) in [5.41, 5.74) is 3.67. The molecule has 2 aliphatic rings. The highest BCUT2D eigenvalue weighted by molar-refractivity contribution is 7.73. The molecule has 0 aromatic heterocycles. The first-order valence-corrected chi connectivity index (χ1v) is 11.6. The molecule has 0 bridgehead atoms. The zero-order valence-electron chi connectivity index (χ0n) is 14.2. The minimum atomic E-state index is 0.0392. The molecular weight excluding hydrogens is 290 g/mol. The fourth-order valence-electron chi connectivity index (χ4n) is 4.55. The smallest absolute Gasteiger partial charge is 0.0158 e. The van der Waals surface area contributed by atoms with E-state index < -0.39 is 0 Å². The Morgan fingerprint density at radius 1 is 0.762 bits per heavy atom. The lowest BCUT2D eigenvalue weighted by atomic mass is 10.0. The summed E-state index contributed by atoms with van der Waals surface area (Å²) < 4.78 is 0. The van der Waals surface area contributed by atoms with Crippen LogP contribution < -0.4 is 10.6 Å². The Kier molecular flexibility index (Phi) is 4.78. The second-order valence-electron chi connectivity index (χ2n) is 7.38. The van der Waals surface area contributed by atoms with Crippen molar-refractivity contribution in [1.29, 1.82) is 0 Å². The minimum absolute atomic E-state index is 0.0392. The highest BCUT2D eigenvalue weighted by Gasteiger charge is 2.40. The van der Waals surface area contributed by atoms with E-state index in [0.717, 1.165) is 28.6 Å².